The number of fused-ring (bicyclic) bond motifs is 1. The molecule has 2 rings (SSSR count). The highest BCUT2D eigenvalue weighted by molar-refractivity contribution is 14.1. The van der Waals surface area contributed by atoms with Crippen LogP contribution in [0.2, 0.25) is 0 Å². The van der Waals surface area contributed by atoms with E-state index in [0.29, 0.717) is 0 Å². The van der Waals surface area contributed by atoms with Crippen LogP contribution < -0.4 is 0 Å². The SMILES string of the molecule is CC1(C)C(I)=Nc2ccccc21. The summed E-state index contributed by atoms with van der Waals surface area (Å²) in [5.41, 5.74) is 2.60. The molecule has 0 spiro atoms. The van der Waals surface area contributed by atoms with E-state index in [4.69, 9.17) is 0 Å². The molecule has 0 atom stereocenters. The van der Waals surface area contributed by atoms with Gasteiger partial charge in [0, 0.05) is 5.41 Å². The lowest BCUT2D eigenvalue weighted by Gasteiger charge is -2.17. The first-order chi connectivity index (χ1) is 5.62. The minimum absolute atomic E-state index is 0.122. The van der Waals surface area contributed by atoms with E-state index in [9.17, 15) is 0 Å². The van der Waals surface area contributed by atoms with Crippen LogP contribution in [0.5, 0.6) is 0 Å². The van der Waals surface area contributed by atoms with Crippen molar-refractivity contribution in [2.24, 2.45) is 4.99 Å². The van der Waals surface area contributed by atoms with Crippen molar-refractivity contribution in [2.45, 2.75) is 19.3 Å². The number of aliphatic imine (C=N–C) groups is 1. The molecule has 0 aliphatic carbocycles. The van der Waals surface area contributed by atoms with Crippen molar-refractivity contribution in [2.75, 3.05) is 0 Å². The molecule has 1 aromatic carbocycles. The molecule has 12 heavy (non-hydrogen) atoms. The van der Waals surface area contributed by atoms with E-state index in [2.05, 4.69) is 59.6 Å². The van der Waals surface area contributed by atoms with Crippen LogP contribution in [0.4, 0.5) is 5.69 Å². The predicted molar refractivity (Wildman–Crippen MR) is 60.6 cm³/mol. The molecule has 0 N–H and O–H groups in total. The second kappa shape index (κ2) is 2.55. The van der Waals surface area contributed by atoms with E-state index in [1.54, 1.807) is 0 Å². The monoisotopic (exact) mass is 271 g/mol. The Balaban J connectivity index is 2.66. The standard InChI is InChI=1S/C10H10IN/c1-10(2)7-5-3-4-6-8(7)12-9(10)11/h3-6H,1-2H3. The Morgan fingerprint density at radius 1 is 1.25 bits per heavy atom. The van der Waals surface area contributed by atoms with Crippen molar-refractivity contribution in [3.8, 4) is 0 Å². The maximum absolute atomic E-state index is 4.51. The Labute approximate surface area is 86.0 Å². The molecule has 62 valence electrons. The molecule has 1 aliphatic heterocycles. The maximum atomic E-state index is 4.51. The van der Waals surface area contributed by atoms with E-state index in [1.165, 1.54) is 9.28 Å². The zero-order chi connectivity index (χ0) is 8.77. The van der Waals surface area contributed by atoms with Crippen molar-refractivity contribution >= 4 is 32.0 Å². The van der Waals surface area contributed by atoms with Gasteiger partial charge in [0.25, 0.3) is 0 Å². The fraction of sp³-hybridized carbons (Fsp3) is 0.300. The average Bonchev–Trinajstić information content (AvgIpc) is 2.25. The highest BCUT2D eigenvalue weighted by Gasteiger charge is 2.32. The van der Waals surface area contributed by atoms with Gasteiger partial charge in [-0.15, -0.1) is 0 Å². The molecular weight excluding hydrogens is 261 g/mol. The van der Waals surface area contributed by atoms with Crippen LogP contribution in [0.3, 0.4) is 0 Å². The first-order valence-corrected chi connectivity index (χ1v) is 5.04. The minimum Gasteiger partial charge on any atom is -0.246 e. The number of para-hydroxylation sites is 1. The van der Waals surface area contributed by atoms with Gasteiger partial charge in [0.05, 0.1) is 9.41 Å². The maximum Gasteiger partial charge on any atom is 0.0891 e. The lowest BCUT2D eigenvalue weighted by molar-refractivity contribution is 0.750. The fourth-order valence-corrected chi connectivity index (χ4v) is 2.01. The van der Waals surface area contributed by atoms with Crippen molar-refractivity contribution in [1.82, 2.24) is 0 Å². The van der Waals surface area contributed by atoms with Crippen molar-refractivity contribution in [3.63, 3.8) is 0 Å². The third-order valence-corrected chi connectivity index (χ3v) is 3.90. The van der Waals surface area contributed by atoms with Gasteiger partial charge in [0.15, 0.2) is 0 Å². The number of hydrogen-bond acceptors (Lipinski definition) is 1. The molecule has 0 amide bonds. The summed E-state index contributed by atoms with van der Waals surface area (Å²) in [6, 6.07) is 8.34. The molecule has 1 nitrogen and oxygen atoms in total. The lowest BCUT2D eigenvalue weighted by Crippen LogP contribution is -2.20. The number of benzene rings is 1. The minimum atomic E-state index is 0.122. The molecule has 0 fully saturated rings. The third kappa shape index (κ3) is 1.01. The van der Waals surface area contributed by atoms with E-state index < -0.39 is 0 Å². The van der Waals surface area contributed by atoms with E-state index in [-0.39, 0.29) is 5.41 Å². The second-order valence-corrected chi connectivity index (χ2v) is 4.57. The highest BCUT2D eigenvalue weighted by atomic mass is 127. The van der Waals surface area contributed by atoms with Crippen LogP contribution in [0.15, 0.2) is 29.3 Å². The highest BCUT2D eigenvalue weighted by Crippen LogP contribution is 2.41. The van der Waals surface area contributed by atoms with Crippen molar-refractivity contribution in [1.29, 1.82) is 0 Å². The lowest BCUT2D eigenvalue weighted by atomic mass is 9.87. The molecule has 0 radical (unpaired) electrons. The summed E-state index contributed by atoms with van der Waals surface area (Å²) in [7, 11) is 0. The van der Waals surface area contributed by atoms with Crippen molar-refractivity contribution < 1.29 is 0 Å². The van der Waals surface area contributed by atoms with Crippen LogP contribution in [0.25, 0.3) is 0 Å². The number of nitrogens with zero attached hydrogens (tertiary/aromatic N) is 1. The molecule has 0 aromatic heterocycles. The normalized spacial score (nSPS) is 18.8. The molecule has 0 saturated carbocycles. The van der Waals surface area contributed by atoms with Gasteiger partial charge in [-0.1, -0.05) is 18.2 Å². The van der Waals surface area contributed by atoms with Gasteiger partial charge >= 0.3 is 0 Å². The summed E-state index contributed by atoms with van der Waals surface area (Å²) in [6.07, 6.45) is 0. The molecule has 1 aliphatic rings. The smallest absolute Gasteiger partial charge is 0.0891 e. The first kappa shape index (κ1) is 8.23. The molecule has 0 unspecified atom stereocenters. The van der Waals surface area contributed by atoms with Crippen LogP contribution in [-0.2, 0) is 5.41 Å². The van der Waals surface area contributed by atoms with Crippen LogP contribution >= 0.6 is 22.6 Å². The Bertz CT molecular complexity index is 353. The molecule has 0 saturated heterocycles. The summed E-state index contributed by atoms with van der Waals surface area (Å²) in [5, 5.41) is 0. The van der Waals surface area contributed by atoms with Gasteiger partial charge in [0.2, 0.25) is 0 Å². The van der Waals surface area contributed by atoms with Gasteiger partial charge in [-0.25, -0.2) is 4.99 Å². The molecule has 0 bridgehead atoms. The van der Waals surface area contributed by atoms with E-state index in [0.717, 1.165) is 5.69 Å². The van der Waals surface area contributed by atoms with E-state index >= 15 is 0 Å². The number of halogens is 1. The van der Waals surface area contributed by atoms with Crippen LogP contribution in [0, 0.1) is 0 Å². The summed E-state index contributed by atoms with van der Waals surface area (Å²) in [5.74, 6) is 0. The van der Waals surface area contributed by atoms with Gasteiger partial charge < -0.3 is 0 Å². The third-order valence-electron chi connectivity index (χ3n) is 2.31. The number of hydrogen-bond donors (Lipinski definition) is 0. The van der Waals surface area contributed by atoms with Crippen molar-refractivity contribution in [3.05, 3.63) is 29.8 Å². The average molecular weight is 271 g/mol. The van der Waals surface area contributed by atoms with Gasteiger partial charge in [-0.2, -0.15) is 0 Å². The summed E-state index contributed by atoms with van der Waals surface area (Å²) >= 11 is 2.32. The summed E-state index contributed by atoms with van der Waals surface area (Å²) < 4.78 is 1.18. The topological polar surface area (TPSA) is 12.4 Å². The van der Waals surface area contributed by atoms with Gasteiger partial charge in [-0.3, -0.25) is 0 Å². The van der Waals surface area contributed by atoms with E-state index in [1.807, 2.05) is 6.07 Å². The predicted octanol–water partition coefficient (Wildman–Crippen LogP) is 3.44. The number of rotatable bonds is 0. The molecule has 1 heterocycles. The summed E-state index contributed by atoms with van der Waals surface area (Å²) in [6.45, 7) is 4.42. The fourth-order valence-electron chi connectivity index (χ4n) is 1.46. The largest absolute Gasteiger partial charge is 0.246 e. The van der Waals surface area contributed by atoms with Gasteiger partial charge in [-0.05, 0) is 48.1 Å². The Morgan fingerprint density at radius 3 is 2.58 bits per heavy atom. The first-order valence-electron chi connectivity index (χ1n) is 3.96. The molecular formula is C10H10IN. The Morgan fingerprint density at radius 2 is 1.92 bits per heavy atom. The Hall–Kier alpha value is -0.380. The van der Waals surface area contributed by atoms with Gasteiger partial charge in [0.1, 0.15) is 0 Å². The second-order valence-electron chi connectivity index (χ2n) is 3.54. The molecule has 2 heteroatoms. The van der Waals surface area contributed by atoms with Crippen LogP contribution in [0.1, 0.15) is 19.4 Å². The zero-order valence-corrected chi connectivity index (χ0v) is 9.29. The molecule has 1 aromatic rings. The van der Waals surface area contributed by atoms with Crippen LogP contribution in [-0.4, -0.2) is 3.72 Å². The quantitative estimate of drug-likeness (QED) is 0.641. The Kier molecular flexibility index (Phi) is 1.75. The summed E-state index contributed by atoms with van der Waals surface area (Å²) in [4.78, 5) is 4.51. The zero-order valence-electron chi connectivity index (χ0n) is 7.13.